The molecule has 3 aromatic carbocycles. The van der Waals surface area contributed by atoms with Crippen molar-refractivity contribution in [3.8, 4) is 17.2 Å². The summed E-state index contributed by atoms with van der Waals surface area (Å²) in [5, 5.41) is 0. The van der Waals surface area contributed by atoms with Crippen LogP contribution in [0.2, 0.25) is 0 Å². The molecule has 4 rings (SSSR count). The van der Waals surface area contributed by atoms with Gasteiger partial charge in [-0.3, -0.25) is 4.79 Å². The fraction of sp³-hybridized carbons (Fsp3) is 0.406. The van der Waals surface area contributed by atoms with Crippen molar-refractivity contribution in [2.45, 2.75) is 25.4 Å². The summed E-state index contributed by atoms with van der Waals surface area (Å²) in [6, 6.07) is 24.0. The Kier molecular flexibility index (Phi) is 9.85. The van der Waals surface area contributed by atoms with E-state index in [-0.39, 0.29) is 11.9 Å². The number of likely N-dealkylation sites (tertiary alicyclic amines) is 1. The van der Waals surface area contributed by atoms with Crippen LogP contribution in [0.1, 0.15) is 36.5 Å². The van der Waals surface area contributed by atoms with Gasteiger partial charge in [0, 0.05) is 13.1 Å². The predicted octanol–water partition coefficient (Wildman–Crippen LogP) is 5.30. The molecule has 1 aliphatic rings. The van der Waals surface area contributed by atoms with E-state index < -0.39 is 5.60 Å². The van der Waals surface area contributed by atoms with Gasteiger partial charge in [0.1, 0.15) is 22.8 Å². The first-order valence-electron chi connectivity index (χ1n) is 13.5. The number of piperidine rings is 1. The van der Waals surface area contributed by atoms with Crippen molar-refractivity contribution in [3.63, 3.8) is 0 Å². The molecular formula is C32H39NO6. The highest BCUT2D eigenvalue weighted by atomic mass is 16.5. The number of carbonyl (C=O) groups excluding carboxylic acids is 1. The molecule has 39 heavy (non-hydrogen) atoms. The van der Waals surface area contributed by atoms with E-state index in [1.165, 1.54) is 0 Å². The quantitative estimate of drug-likeness (QED) is 0.231. The van der Waals surface area contributed by atoms with E-state index in [1.807, 2.05) is 79.7 Å². The maximum absolute atomic E-state index is 12.4. The summed E-state index contributed by atoms with van der Waals surface area (Å²) in [7, 11) is 4.98. The van der Waals surface area contributed by atoms with Crippen LogP contribution in [0.15, 0.2) is 72.8 Å². The van der Waals surface area contributed by atoms with Crippen LogP contribution >= 0.6 is 0 Å². The molecule has 1 heterocycles. The SMILES string of the molecule is CCOC(=O)[C@H]1CCCN(CCOC(c2ccc(OC)cc2)(c2ccc(OC)cc2)c2ccc(OC)cc2)C1. The molecule has 0 saturated carbocycles. The third-order valence-corrected chi connectivity index (χ3v) is 7.34. The lowest BCUT2D eigenvalue weighted by atomic mass is 9.80. The van der Waals surface area contributed by atoms with Crippen molar-refractivity contribution in [1.82, 2.24) is 4.90 Å². The molecule has 0 spiro atoms. The van der Waals surface area contributed by atoms with Gasteiger partial charge in [-0.25, -0.2) is 0 Å². The number of carbonyl (C=O) groups is 1. The molecule has 0 amide bonds. The molecule has 0 aliphatic carbocycles. The molecule has 7 heteroatoms. The summed E-state index contributed by atoms with van der Waals surface area (Å²) >= 11 is 0. The second-order valence-corrected chi connectivity index (χ2v) is 9.61. The second kappa shape index (κ2) is 13.5. The molecule has 0 radical (unpaired) electrons. The molecule has 3 aromatic rings. The molecule has 0 aromatic heterocycles. The van der Waals surface area contributed by atoms with Gasteiger partial charge in [-0.2, -0.15) is 0 Å². The van der Waals surface area contributed by atoms with Crippen molar-refractivity contribution < 1.29 is 28.5 Å². The van der Waals surface area contributed by atoms with E-state index >= 15 is 0 Å². The Morgan fingerprint density at radius 3 is 1.67 bits per heavy atom. The minimum Gasteiger partial charge on any atom is -0.497 e. The van der Waals surface area contributed by atoms with Crippen LogP contribution in [0.4, 0.5) is 0 Å². The zero-order chi connectivity index (χ0) is 27.7. The van der Waals surface area contributed by atoms with Crippen molar-refractivity contribution in [2.75, 3.05) is 54.2 Å². The lowest BCUT2D eigenvalue weighted by Crippen LogP contribution is -2.42. The molecule has 0 bridgehead atoms. The largest absolute Gasteiger partial charge is 0.497 e. The van der Waals surface area contributed by atoms with E-state index in [9.17, 15) is 4.79 Å². The van der Waals surface area contributed by atoms with Crippen LogP contribution in [0, 0.1) is 5.92 Å². The van der Waals surface area contributed by atoms with Gasteiger partial charge in [-0.05, 0) is 79.4 Å². The molecule has 0 N–H and O–H groups in total. The van der Waals surface area contributed by atoms with Crippen molar-refractivity contribution >= 4 is 5.97 Å². The van der Waals surface area contributed by atoms with Crippen LogP contribution < -0.4 is 14.2 Å². The monoisotopic (exact) mass is 533 g/mol. The highest BCUT2D eigenvalue weighted by Gasteiger charge is 2.38. The summed E-state index contributed by atoms with van der Waals surface area (Å²) in [5.41, 5.74) is 2.02. The van der Waals surface area contributed by atoms with Gasteiger partial charge in [0.2, 0.25) is 0 Å². The highest BCUT2D eigenvalue weighted by molar-refractivity contribution is 5.72. The average molecular weight is 534 g/mol. The summed E-state index contributed by atoms with van der Waals surface area (Å²) < 4.78 is 28.6. The molecule has 1 atom stereocenters. The Balaban J connectivity index is 1.69. The van der Waals surface area contributed by atoms with Crippen molar-refractivity contribution in [3.05, 3.63) is 89.5 Å². The first-order valence-corrected chi connectivity index (χ1v) is 13.5. The van der Waals surface area contributed by atoms with Gasteiger partial charge in [0.05, 0.1) is 40.5 Å². The van der Waals surface area contributed by atoms with Crippen LogP contribution in [0.3, 0.4) is 0 Å². The Bertz CT molecular complexity index is 1060. The normalized spacial score (nSPS) is 15.9. The summed E-state index contributed by atoms with van der Waals surface area (Å²) in [4.78, 5) is 14.7. The Morgan fingerprint density at radius 1 is 0.795 bits per heavy atom. The Labute approximate surface area is 231 Å². The third-order valence-electron chi connectivity index (χ3n) is 7.34. The van der Waals surface area contributed by atoms with Gasteiger partial charge in [-0.1, -0.05) is 36.4 Å². The zero-order valence-electron chi connectivity index (χ0n) is 23.4. The van der Waals surface area contributed by atoms with Crippen LogP contribution in [-0.4, -0.2) is 65.0 Å². The maximum Gasteiger partial charge on any atom is 0.310 e. The zero-order valence-corrected chi connectivity index (χ0v) is 23.4. The third kappa shape index (κ3) is 6.54. The van der Waals surface area contributed by atoms with E-state index in [0.29, 0.717) is 26.3 Å². The van der Waals surface area contributed by atoms with E-state index in [0.717, 1.165) is 53.3 Å². The number of rotatable bonds is 12. The van der Waals surface area contributed by atoms with E-state index in [2.05, 4.69) is 4.90 Å². The maximum atomic E-state index is 12.4. The number of nitrogens with zero attached hydrogens (tertiary/aromatic N) is 1. The molecule has 1 saturated heterocycles. The standard InChI is InChI=1S/C32H39NO6/c1-5-38-31(34)24-7-6-20-33(23-24)21-22-39-32(25-8-14-28(35-2)15-9-25,26-10-16-29(36-3)17-11-26)27-12-18-30(37-4)19-13-27/h8-19,24H,5-7,20-23H2,1-4H3/t24-/m0/s1. The van der Waals surface area contributed by atoms with Gasteiger partial charge in [-0.15, -0.1) is 0 Å². The summed E-state index contributed by atoms with van der Waals surface area (Å²) in [5.74, 6) is 2.13. The van der Waals surface area contributed by atoms with Crippen LogP contribution in [0.25, 0.3) is 0 Å². The van der Waals surface area contributed by atoms with Crippen LogP contribution in [0.5, 0.6) is 17.2 Å². The Hall–Kier alpha value is -3.55. The smallest absolute Gasteiger partial charge is 0.310 e. The highest BCUT2D eigenvalue weighted by Crippen LogP contribution is 2.42. The number of hydrogen-bond acceptors (Lipinski definition) is 7. The van der Waals surface area contributed by atoms with Gasteiger partial charge >= 0.3 is 5.97 Å². The van der Waals surface area contributed by atoms with Gasteiger partial charge in [0.15, 0.2) is 0 Å². The minimum atomic E-state index is -0.902. The molecule has 208 valence electrons. The number of esters is 1. The number of methoxy groups -OCH3 is 3. The van der Waals surface area contributed by atoms with Gasteiger partial charge < -0.3 is 28.6 Å². The second-order valence-electron chi connectivity index (χ2n) is 9.61. The number of hydrogen-bond donors (Lipinski definition) is 0. The van der Waals surface area contributed by atoms with Crippen LogP contribution in [-0.2, 0) is 19.9 Å². The topological polar surface area (TPSA) is 66.5 Å². The van der Waals surface area contributed by atoms with Crippen molar-refractivity contribution in [2.24, 2.45) is 5.92 Å². The van der Waals surface area contributed by atoms with Gasteiger partial charge in [0.25, 0.3) is 0 Å². The molecular weight excluding hydrogens is 494 g/mol. The van der Waals surface area contributed by atoms with E-state index in [4.69, 9.17) is 23.7 Å². The predicted molar refractivity (Wildman–Crippen MR) is 151 cm³/mol. The lowest BCUT2D eigenvalue weighted by Gasteiger charge is -2.38. The summed E-state index contributed by atoms with van der Waals surface area (Å²) in [6.45, 7) is 5.03. The number of ether oxygens (including phenoxy) is 5. The first kappa shape index (κ1) is 28.5. The fourth-order valence-corrected chi connectivity index (χ4v) is 5.27. The molecule has 7 nitrogen and oxygen atoms in total. The lowest BCUT2D eigenvalue weighted by molar-refractivity contribution is -0.150. The van der Waals surface area contributed by atoms with E-state index in [1.54, 1.807) is 21.3 Å². The molecule has 0 unspecified atom stereocenters. The molecule has 1 aliphatic heterocycles. The summed E-state index contributed by atoms with van der Waals surface area (Å²) in [6.07, 6.45) is 1.83. The fourth-order valence-electron chi connectivity index (χ4n) is 5.27. The average Bonchev–Trinajstić information content (AvgIpc) is 3.00. The van der Waals surface area contributed by atoms with Crippen molar-refractivity contribution in [1.29, 1.82) is 0 Å². The first-order chi connectivity index (χ1) is 19.0. The molecule has 1 fully saturated rings. The Morgan fingerprint density at radius 2 is 1.26 bits per heavy atom. The minimum absolute atomic E-state index is 0.0896. The number of benzene rings is 3.